The van der Waals surface area contributed by atoms with Gasteiger partial charge in [-0.25, -0.2) is 4.79 Å². The molecule has 6 amide bonds. The van der Waals surface area contributed by atoms with Crippen LogP contribution in [0.5, 0.6) is 0 Å². The molecule has 14 heteroatoms. The van der Waals surface area contributed by atoms with Crippen LogP contribution in [0.3, 0.4) is 0 Å². The minimum Gasteiger partial charge on any atom is -0.461 e. The first kappa shape index (κ1) is 40.0. The molecule has 3 heterocycles. The Morgan fingerprint density at radius 2 is 1.67 bits per heavy atom. The molecule has 1 aromatic rings. The molecule has 3 N–H and O–H groups in total. The zero-order valence-corrected chi connectivity index (χ0v) is 31.0. The highest BCUT2D eigenvalue weighted by atomic mass is 16.5. The van der Waals surface area contributed by atoms with Gasteiger partial charge in [0.25, 0.3) is 0 Å². The van der Waals surface area contributed by atoms with Gasteiger partial charge in [-0.2, -0.15) is 0 Å². The van der Waals surface area contributed by atoms with E-state index in [-0.39, 0.29) is 19.5 Å². The van der Waals surface area contributed by atoms with Gasteiger partial charge in [0.2, 0.25) is 35.4 Å². The lowest BCUT2D eigenvalue weighted by Crippen LogP contribution is -2.60. The fourth-order valence-corrected chi connectivity index (χ4v) is 6.92. The molecule has 3 aliphatic heterocycles. The predicted octanol–water partition coefficient (Wildman–Crippen LogP) is 1.53. The molecular weight excluding hydrogens is 668 g/mol. The summed E-state index contributed by atoms with van der Waals surface area (Å²) in [4.78, 5) is 99.1. The van der Waals surface area contributed by atoms with E-state index in [1.165, 1.54) is 41.7 Å². The standard InChI is InChI=1S/C38H54N6O8/c1-6-7-8-9-10-18-32(45)40-28(22-27-15-11-14-24(2)21-27)34(47)41-29-23-52-38(51)31-17-13-20-44(31)35(48)25(3)39-33(46)26(4)42(5)37(50)30-16-12-19-43(30)36(29)49/h10-11,14-15,18,21,25-26,28-31H,6-9,12-13,16-17,19-20,22-23H2,1-5H3,(H,39,46)(H,40,45)(H,41,47)/b18-10+/t25-,26-,28-,29-,30-,31-/m0/s1. The number of aryl methyl sites for hydroxylation is 1. The molecule has 0 bridgehead atoms. The van der Waals surface area contributed by atoms with Crippen LogP contribution in [0, 0.1) is 6.92 Å². The van der Waals surface area contributed by atoms with Gasteiger partial charge in [0.1, 0.15) is 42.9 Å². The van der Waals surface area contributed by atoms with E-state index in [4.69, 9.17) is 4.74 Å². The lowest BCUT2D eigenvalue weighted by Gasteiger charge is -2.34. The van der Waals surface area contributed by atoms with Gasteiger partial charge in [0.15, 0.2) is 0 Å². The van der Waals surface area contributed by atoms with Gasteiger partial charge < -0.3 is 35.4 Å². The van der Waals surface area contributed by atoms with Crippen molar-refractivity contribution < 1.29 is 38.3 Å². The minimum atomic E-state index is -1.41. The van der Waals surface area contributed by atoms with E-state index in [2.05, 4.69) is 22.9 Å². The van der Waals surface area contributed by atoms with Gasteiger partial charge in [-0.05, 0) is 70.9 Å². The second-order valence-corrected chi connectivity index (χ2v) is 14.1. The van der Waals surface area contributed by atoms with E-state index in [1.807, 2.05) is 31.2 Å². The highest BCUT2D eigenvalue weighted by Gasteiger charge is 2.43. The summed E-state index contributed by atoms with van der Waals surface area (Å²) in [5.41, 5.74) is 1.75. The number of unbranched alkanes of at least 4 members (excludes halogenated alkanes) is 3. The Kier molecular flexibility index (Phi) is 14.4. The first-order chi connectivity index (χ1) is 24.8. The molecule has 4 rings (SSSR count). The van der Waals surface area contributed by atoms with Crippen LogP contribution in [0.2, 0.25) is 0 Å². The fourth-order valence-electron chi connectivity index (χ4n) is 6.92. The zero-order valence-electron chi connectivity index (χ0n) is 31.0. The second-order valence-electron chi connectivity index (χ2n) is 14.1. The number of benzene rings is 1. The van der Waals surface area contributed by atoms with Crippen LogP contribution in [0.15, 0.2) is 36.4 Å². The molecule has 3 saturated heterocycles. The minimum absolute atomic E-state index is 0.122. The molecule has 3 aliphatic rings. The number of carbonyl (C=O) groups is 7. The summed E-state index contributed by atoms with van der Waals surface area (Å²) in [6.45, 7) is 7.00. The van der Waals surface area contributed by atoms with Gasteiger partial charge in [-0.15, -0.1) is 0 Å². The molecule has 3 fully saturated rings. The fraction of sp³-hybridized carbons (Fsp3) is 0.605. The van der Waals surface area contributed by atoms with Crippen molar-refractivity contribution in [1.82, 2.24) is 30.7 Å². The summed E-state index contributed by atoms with van der Waals surface area (Å²) >= 11 is 0. The summed E-state index contributed by atoms with van der Waals surface area (Å²) in [5, 5.41) is 8.17. The summed E-state index contributed by atoms with van der Waals surface area (Å²) < 4.78 is 5.66. The summed E-state index contributed by atoms with van der Waals surface area (Å²) in [5.74, 6) is -4.03. The number of rotatable bonds is 10. The number of nitrogens with zero attached hydrogens (tertiary/aromatic N) is 3. The molecule has 14 nitrogen and oxygen atoms in total. The molecular formula is C38H54N6O8. The van der Waals surface area contributed by atoms with Crippen molar-refractivity contribution in [2.24, 2.45) is 0 Å². The number of fused-ring (bicyclic) bond motifs is 2. The quantitative estimate of drug-likeness (QED) is 0.185. The number of hydrogen-bond acceptors (Lipinski definition) is 8. The number of carbonyl (C=O) groups excluding carboxylic acids is 7. The summed E-state index contributed by atoms with van der Waals surface area (Å²) in [7, 11) is 1.47. The Labute approximate surface area is 306 Å². The first-order valence-electron chi connectivity index (χ1n) is 18.5. The monoisotopic (exact) mass is 722 g/mol. The van der Waals surface area contributed by atoms with Crippen molar-refractivity contribution >= 4 is 41.4 Å². The first-order valence-corrected chi connectivity index (χ1v) is 18.5. The zero-order chi connectivity index (χ0) is 37.9. The number of allylic oxidation sites excluding steroid dienone is 1. The third-order valence-electron chi connectivity index (χ3n) is 10.1. The van der Waals surface area contributed by atoms with Gasteiger partial charge in [-0.1, -0.05) is 55.7 Å². The maximum atomic E-state index is 14.3. The normalized spacial score (nSPS) is 25.4. The third-order valence-corrected chi connectivity index (χ3v) is 10.1. The van der Waals surface area contributed by atoms with Crippen LogP contribution < -0.4 is 16.0 Å². The van der Waals surface area contributed by atoms with E-state index in [9.17, 15) is 33.6 Å². The average Bonchev–Trinajstić information content (AvgIpc) is 3.82. The van der Waals surface area contributed by atoms with Gasteiger partial charge in [-0.3, -0.25) is 28.8 Å². The highest BCUT2D eigenvalue weighted by Crippen LogP contribution is 2.23. The number of amides is 6. The number of hydrogen-bond donors (Lipinski definition) is 3. The maximum absolute atomic E-state index is 14.3. The van der Waals surface area contributed by atoms with Crippen molar-refractivity contribution in [2.45, 2.75) is 122 Å². The van der Waals surface area contributed by atoms with Crippen LogP contribution >= 0.6 is 0 Å². The molecule has 0 saturated carbocycles. The SMILES string of the molecule is CCCCC/C=C/C(=O)N[C@@H](Cc1cccc(C)c1)C(=O)N[C@H]1COC(=O)[C@@H]2CCCN2C(=O)[C@H](C)NC(=O)[C@H](C)N(C)C(=O)[C@@H]2CCCN2C1=O. The van der Waals surface area contributed by atoms with Crippen LogP contribution in [0.25, 0.3) is 0 Å². The number of nitrogens with one attached hydrogen (secondary N) is 3. The number of likely N-dealkylation sites (N-methyl/N-ethyl adjacent to an activating group) is 1. The van der Waals surface area contributed by atoms with Crippen LogP contribution in [-0.2, 0) is 44.7 Å². The van der Waals surface area contributed by atoms with Crippen LogP contribution in [0.4, 0.5) is 0 Å². The van der Waals surface area contributed by atoms with Crippen molar-refractivity contribution in [2.75, 3.05) is 26.7 Å². The molecule has 1 aromatic carbocycles. The summed E-state index contributed by atoms with van der Waals surface area (Å²) in [6.07, 6.45) is 8.70. The molecule has 284 valence electrons. The Hall–Kier alpha value is -4.75. The molecule has 0 spiro atoms. The second kappa shape index (κ2) is 18.7. The van der Waals surface area contributed by atoms with E-state index in [1.54, 1.807) is 6.08 Å². The van der Waals surface area contributed by atoms with Crippen LogP contribution in [0.1, 0.15) is 83.3 Å². The van der Waals surface area contributed by atoms with E-state index >= 15 is 0 Å². The lowest BCUT2D eigenvalue weighted by atomic mass is 10.0. The van der Waals surface area contributed by atoms with E-state index in [0.29, 0.717) is 25.7 Å². The highest BCUT2D eigenvalue weighted by molar-refractivity contribution is 5.98. The van der Waals surface area contributed by atoms with Gasteiger partial charge in [0.05, 0.1) is 0 Å². The largest absolute Gasteiger partial charge is 0.461 e. The Morgan fingerprint density at radius 1 is 0.981 bits per heavy atom. The number of esters is 1. The number of ether oxygens (including phenoxy) is 1. The topological polar surface area (TPSA) is 175 Å². The Bertz CT molecular complexity index is 1530. The van der Waals surface area contributed by atoms with Crippen molar-refractivity contribution in [3.63, 3.8) is 0 Å². The molecule has 0 radical (unpaired) electrons. The lowest BCUT2D eigenvalue weighted by molar-refractivity contribution is -0.158. The molecule has 0 aliphatic carbocycles. The Morgan fingerprint density at radius 3 is 2.37 bits per heavy atom. The number of cyclic esters (lactones) is 1. The summed E-state index contributed by atoms with van der Waals surface area (Å²) in [6, 6.07) is 1.21. The van der Waals surface area contributed by atoms with Crippen molar-refractivity contribution in [3.8, 4) is 0 Å². The van der Waals surface area contributed by atoms with Gasteiger partial charge in [0, 0.05) is 26.6 Å². The third kappa shape index (κ3) is 10.2. The van der Waals surface area contributed by atoms with Crippen molar-refractivity contribution in [1.29, 1.82) is 0 Å². The molecule has 6 atom stereocenters. The van der Waals surface area contributed by atoms with E-state index in [0.717, 1.165) is 36.8 Å². The molecule has 0 aromatic heterocycles. The smallest absolute Gasteiger partial charge is 0.328 e. The predicted molar refractivity (Wildman–Crippen MR) is 192 cm³/mol. The average molecular weight is 723 g/mol. The van der Waals surface area contributed by atoms with Crippen LogP contribution in [-0.4, -0.2) is 119 Å². The van der Waals surface area contributed by atoms with Gasteiger partial charge >= 0.3 is 5.97 Å². The molecule has 0 unspecified atom stereocenters. The van der Waals surface area contributed by atoms with E-state index < -0.39 is 84.3 Å². The van der Waals surface area contributed by atoms with Crippen molar-refractivity contribution in [3.05, 3.63) is 47.5 Å². The molecule has 52 heavy (non-hydrogen) atoms. The maximum Gasteiger partial charge on any atom is 0.328 e. The Balaban J connectivity index is 1.64.